The van der Waals surface area contributed by atoms with Gasteiger partial charge < -0.3 is 10.2 Å². The Morgan fingerprint density at radius 2 is 1.72 bits per heavy atom. The molecule has 1 spiro atoms. The highest BCUT2D eigenvalue weighted by Gasteiger charge is 2.75. The van der Waals surface area contributed by atoms with Gasteiger partial charge in [-0.2, -0.15) is 0 Å². The number of carbonyl (C=O) groups is 3. The van der Waals surface area contributed by atoms with E-state index in [1.807, 2.05) is 47.8 Å². The Morgan fingerprint density at radius 3 is 2.41 bits per heavy atom. The molecule has 0 unspecified atom stereocenters. The Kier molecular flexibility index (Phi) is 4.78. The normalized spacial score (nSPS) is 28.7. The third kappa shape index (κ3) is 2.65. The molecule has 164 valence electrons. The molecule has 32 heavy (non-hydrogen) atoms. The monoisotopic (exact) mass is 430 g/mol. The number of nitrogens with zero attached hydrogens (tertiary/aromatic N) is 2. The number of imide groups is 1. The predicted octanol–water partition coefficient (Wildman–Crippen LogP) is 2.21. The first kappa shape index (κ1) is 20.6. The van der Waals surface area contributed by atoms with Gasteiger partial charge in [0.25, 0.3) is 5.91 Å². The smallest absolute Gasteiger partial charge is 0.294 e. The van der Waals surface area contributed by atoms with Crippen LogP contribution in [-0.2, 0) is 19.9 Å². The van der Waals surface area contributed by atoms with E-state index >= 15 is 0 Å². The lowest BCUT2D eigenvalue weighted by atomic mass is 9.76. The maximum Gasteiger partial charge on any atom is 0.294 e. The van der Waals surface area contributed by atoms with Gasteiger partial charge in [-0.05, 0) is 24.1 Å². The number of benzene rings is 2. The molecule has 3 aliphatic heterocycles. The summed E-state index contributed by atoms with van der Waals surface area (Å²) < 4.78 is 0. The van der Waals surface area contributed by atoms with Crippen LogP contribution in [0.5, 0.6) is 0 Å². The van der Waals surface area contributed by atoms with Crippen molar-refractivity contribution in [2.24, 2.45) is 17.8 Å². The number of hydrogen-bond donors (Lipinski definition) is 1. The van der Waals surface area contributed by atoms with Crippen LogP contribution in [0.4, 0.5) is 11.4 Å². The summed E-state index contributed by atoms with van der Waals surface area (Å²) in [5.41, 5.74) is 1.07. The van der Waals surface area contributed by atoms with Gasteiger partial charge in [0.05, 0.1) is 11.4 Å². The molecule has 2 fully saturated rings. The minimum Gasteiger partial charge on any atom is -0.326 e. The maximum atomic E-state index is 14.0. The zero-order valence-electron chi connectivity index (χ0n) is 18.4. The summed E-state index contributed by atoms with van der Waals surface area (Å²) in [6.07, 6.45) is 2.45. The second kappa shape index (κ2) is 7.41. The Labute approximate surface area is 187 Å². The van der Waals surface area contributed by atoms with E-state index in [0.29, 0.717) is 18.2 Å². The summed E-state index contributed by atoms with van der Waals surface area (Å²) in [4.78, 5) is 44.6. The van der Waals surface area contributed by atoms with Crippen molar-refractivity contribution in [3.05, 3.63) is 72.8 Å². The van der Waals surface area contributed by atoms with Gasteiger partial charge in [-0.25, -0.2) is 4.90 Å². The molecule has 0 saturated carbocycles. The van der Waals surface area contributed by atoms with Gasteiger partial charge in [0.15, 0.2) is 0 Å². The molecule has 4 atom stereocenters. The van der Waals surface area contributed by atoms with Crippen molar-refractivity contribution in [3.63, 3.8) is 0 Å². The fourth-order valence-electron chi connectivity index (χ4n) is 6.02. The number of hydrogen-bond acceptors (Lipinski definition) is 3. The van der Waals surface area contributed by atoms with Crippen LogP contribution >= 0.6 is 0 Å². The lowest BCUT2D eigenvalue weighted by Gasteiger charge is -2.27. The summed E-state index contributed by atoms with van der Waals surface area (Å²) in [6.45, 7) is 8.40. The molecule has 6 heteroatoms. The number of para-hydroxylation sites is 2. The summed E-state index contributed by atoms with van der Waals surface area (Å²) in [7, 11) is 0. The number of carbonyl (C=O) groups excluding carboxylic acids is 3. The molecular formula is C26H28N3O3+. The van der Waals surface area contributed by atoms with Crippen LogP contribution in [0.1, 0.15) is 25.8 Å². The van der Waals surface area contributed by atoms with Gasteiger partial charge >= 0.3 is 0 Å². The Hall–Kier alpha value is -3.25. The largest absolute Gasteiger partial charge is 0.326 e. The summed E-state index contributed by atoms with van der Waals surface area (Å²) in [5, 5.41) is 2.03. The molecular weight excluding hydrogens is 402 g/mol. The summed E-state index contributed by atoms with van der Waals surface area (Å²) in [5.74, 6) is -1.55. The van der Waals surface area contributed by atoms with Crippen molar-refractivity contribution in [1.29, 1.82) is 0 Å². The first-order chi connectivity index (χ1) is 15.4. The summed E-state index contributed by atoms with van der Waals surface area (Å²) in [6, 6.07) is 16.6. The van der Waals surface area contributed by atoms with Gasteiger partial charge in [0, 0.05) is 18.5 Å². The molecule has 0 radical (unpaired) electrons. The van der Waals surface area contributed by atoms with Crippen molar-refractivity contribution in [3.8, 4) is 0 Å². The Balaban J connectivity index is 1.69. The number of anilines is 2. The van der Waals surface area contributed by atoms with Crippen molar-refractivity contribution < 1.29 is 19.7 Å². The first-order valence-electron chi connectivity index (χ1n) is 11.2. The fourth-order valence-corrected chi connectivity index (χ4v) is 6.02. The maximum absolute atomic E-state index is 14.0. The summed E-state index contributed by atoms with van der Waals surface area (Å²) >= 11 is 0. The number of amides is 3. The third-order valence-corrected chi connectivity index (χ3v) is 7.09. The first-order valence-corrected chi connectivity index (χ1v) is 11.2. The van der Waals surface area contributed by atoms with E-state index in [-0.39, 0.29) is 23.8 Å². The minimum atomic E-state index is -1.12. The number of nitrogens with two attached hydrogens (primary N) is 1. The van der Waals surface area contributed by atoms with Gasteiger partial charge in [-0.15, -0.1) is 6.58 Å². The highest BCUT2D eigenvalue weighted by Crippen LogP contribution is 2.52. The van der Waals surface area contributed by atoms with Crippen LogP contribution in [0.15, 0.2) is 67.3 Å². The van der Waals surface area contributed by atoms with Crippen molar-refractivity contribution in [1.82, 2.24) is 0 Å². The zero-order valence-corrected chi connectivity index (χ0v) is 18.4. The van der Waals surface area contributed by atoms with Gasteiger partial charge in [0.1, 0.15) is 17.9 Å². The van der Waals surface area contributed by atoms with Gasteiger partial charge in [-0.1, -0.05) is 56.3 Å². The van der Waals surface area contributed by atoms with Crippen LogP contribution in [0.2, 0.25) is 0 Å². The Bertz CT molecular complexity index is 1110. The standard InChI is InChI=1S/C26H27N3O3/c1-4-14-28-20-13-9-8-12-18(20)26(25(28)32)22-21(19(27-26)15-16(2)3)23(30)29(24(22)31)17-10-6-5-7-11-17/h4-13,16,19,21-22,27H,1,14-15H2,2-3H3/p+1/t19-,21+,22+,26+/m1/s1. The van der Waals surface area contributed by atoms with Crippen LogP contribution in [0, 0.1) is 17.8 Å². The lowest BCUT2D eigenvalue weighted by molar-refractivity contribution is -0.734. The van der Waals surface area contributed by atoms with E-state index in [1.165, 1.54) is 4.90 Å². The fraction of sp³-hybridized carbons (Fsp3) is 0.346. The molecule has 0 aliphatic carbocycles. The highest BCUT2D eigenvalue weighted by atomic mass is 16.2. The van der Waals surface area contributed by atoms with E-state index in [1.54, 1.807) is 23.1 Å². The highest BCUT2D eigenvalue weighted by molar-refractivity contribution is 6.25. The topological polar surface area (TPSA) is 74.3 Å². The number of rotatable bonds is 5. The van der Waals surface area contributed by atoms with Crippen LogP contribution in [0.3, 0.4) is 0 Å². The van der Waals surface area contributed by atoms with Crippen LogP contribution in [0.25, 0.3) is 0 Å². The van der Waals surface area contributed by atoms with Crippen molar-refractivity contribution >= 4 is 29.1 Å². The molecule has 2 aromatic carbocycles. The van der Waals surface area contributed by atoms with Crippen molar-refractivity contribution in [2.45, 2.75) is 31.8 Å². The van der Waals surface area contributed by atoms with E-state index in [9.17, 15) is 14.4 Å². The average Bonchev–Trinajstić information content (AvgIpc) is 3.33. The van der Waals surface area contributed by atoms with Crippen LogP contribution in [-0.4, -0.2) is 30.3 Å². The Morgan fingerprint density at radius 1 is 1.03 bits per heavy atom. The second-order valence-corrected chi connectivity index (χ2v) is 9.40. The minimum absolute atomic E-state index is 0.129. The average molecular weight is 431 g/mol. The molecule has 3 aliphatic rings. The quantitative estimate of drug-likeness (QED) is 0.584. The molecule has 2 N–H and O–H groups in total. The van der Waals surface area contributed by atoms with Crippen LogP contribution < -0.4 is 15.1 Å². The SMILES string of the molecule is C=CCN1C(=O)[C@]2([NH2+][C@H](CC(C)C)[C@@H]3C(=O)N(c4ccccc4)C(=O)[C@H]32)c2ccccc21. The van der Waals surface area contributed by atoms with Gasteiger partial charge in [-0.3, -0.25) is 14.4 Å². The van der Waals surface area contributed by atoms with E-state index < -0.39 is 17.4 Å². The molecule has 2 aromatic rings. The molecule has 3 heterocycles. The predicted molar refractivity (Wildman–Crippen MR) is 122 cm³/mol. The molecule has 2 saturated heterocycles. The molecule has 0 aromatic heterocycles. The second-order valence-electron chi connectivity index (χ2n) is 9.40. The van der Waals surface area contributed by atoms with E-state index in [4.69, 9.17) is 0 Å². The molecule has 0 bridgehead atoms. The number of quaternary nitrogens is 1. The van der Waals surface area contributed by atoms with Crippen molar-refractivity contribution in [2.75, 3.05) is 16.3 Å². The molecule has 6 nitrogen and oxygen atoms in total. The lowest BCUT2D eigenvalue weighted by Crippen LogP contribution is -2.99. The van der Waals surface area contributed by atoms with E-state index in [0.717, 1.165) is 17.7 Å². The molecule has 5 rings (SSSR count). The van der Waals surface area contributed by atoms with Gasteiger partial charge in [0.2, 0.25) is 17.4 Å². The third-order valence-electron chi connectivity index (χ3n) is 7.09. The molecule has 3 amide bonds. The van der Waals surface area contributed by atoms with E-state index in [2.05, 4.69) is 20.4 Å². The zero-order chi connectivity index (χ0) is 22.6. The number of fused-ring (bicyclic) bond motifs is 4.